The Morgan fingerprint density at radius 2 is 2.23 bits per heavy atom. The summed E-state index contributed by atoms with van der Waals surface area (Å²) < 4.78 is 39.2. The van der Waals surface area contributed by atoms with Crippen LogP contribution in [-0.2, 0) is 13.2 Å². The van der Waals surface area contributed by atoms with Gasteiger partial charge in [-0.2, -0.15) is 18.3 Å². The molecule has 0 saturated carbocycles. The van der Waals surface area contributed by atoms with Crippen LogP contribution in [0, 0.1) is 0 Å². The predicted octanol–water partition coefficient (Wildman–Crippen LogP) is 3.48. The molecule has 0 spiro atoms. The molecule has 0 unspecified atom stereocenters. The Hall–Kier alpha value is -1.83. The van der Waals surface area contributed by atoms with E-state index in [-0.39, 0.29) is 11.7 Å². The van der Waals surface area contributed by atoms with Gasteiger partial charge < -0.3 is 4.90 Å². The highest BCUT2D eigenvalue weighted by molar-refractivity contribution is 7.10. The maximum atomic E-state index is 12.8. The van der Waals surface area contributed by atoms with Gasteiger partial charge in [-0.3, -0.25) is 9.48 Å². The topological polar surface area (TPSA) is 38.1 Å². The van der Waals surface area contributed by atoms with E-state index in [0.717, 1.165) is 23.8 Å². The number of hydrogen-bond donors (Lipinski definition) is 0. The van der Waals surface area contributed by atoms with Gasteiger partial charge in [0, 0.05) is 24.5 Å². The van der Waals surface area contributed by atoms with E-state index in [1.807, 2.05) is 17.5 Å². The third-order valence-corrected chi connectivity index (χ3v) is 4.75. The maximum Gasteiger partial charge on any atom is 0.433 e. The van der Waals surface area contributed by atoms with Gasteiger partial charge in [0.2, 0.25) is 0 Å². The van der Waals surface area contributed by atoms with Crippen molar-refractivity contribution in [3.63, 3.8) is 0 Å². The number of amides is 1. The van der Waals surface area contributed by atoms with Crippen LogP contribution in [0.3, 0.4) is 0 Å². The lowest BCUT2D eigenvalue weighted by atomic mass is 10.2. The first-order valence-corrected chi connectivity index (χ1v) is 7.71. The first-order valence-electron chi connectivity index (χ1n) is 6.83. The number of thiophene rings is 1. The fourth-order valence-electron chi connectivity index (χ4n) is 2.77. The van der Waals surface area contributed by atoms with Crippen LogP contribution in [0.5, 0.6) is 0 Å². The Labute approximate surface area is 129 Å². The molecule has 2 aromatic rings. The highest BCUT2D eigenvalue weighted by Crippen LogP contribution is 2.36. The average molecular weight is 329 g/mol. The Morgan fingerprint density at radius 1 is 1.45 bits per heavy atom. The fraction of sp³-hybridized carbons (Fsp3) is 0.429. The quantitative estimate of drug-likeness (QED) is 0.846. The van der Waals surface area contributed by atoms with Crippen LogP contribution in [0.25, 0.3) is 0 Å². The van der Waals surface area contributed by atoms with E-state index in [0.29, 0.717) is 11.2 Å². The van der Waals surface area contributed by atoms with Crippen LogP contribution in [0.15, 0.2) is 23.6 Å². The Bertz CT molecular complexity index is 678. The number of rotatable bonds is 2. The summed E-state index contributed by atoms with van der Waals surface area (Å²) in [5.41, 5.74) is -1.07. The van der Waals surface area contributed by atoms with Crippen molar-refractivity contribution in [2.45, 2.75) is 25.1 Å². The number of carbonyl (C=O) groups excluding carboxylic acids is 1. The molecule has 3 rings (SSSR count). The van der Waals surface area contributed by atoms with Gasteiger partial charge in [0.1, 0.15) is 5.69 Å². The van der Waals surface area contributed by atoms with Crippen molar-refractivity contribution >= 4 is 17.2 Å². The molecule has 8 heteroatoms. The minimum atomic E-state index is -4.52. The summed E-state index contributed by atoms with van der Waals surface area (Å²) >= 11 is 1.55. The molecule has 1 atom stereocenters. The molecule has 1 aliphatic rings. The van der Waals surface area contributed by atoms with E-state index in [9.17, 15) is 18.0 Å². The summed E-state index contributed by atoms with van der Waals surface area (Å²) in [5.74, 6) is -0.443. The van der Waals surface area contributed by atoms with Crippen molar-refractivity contribution < 1.29 is 18.0 Å². The van der Waals surface area contributed by atoms with Gasteiger partial charge >= 0.3 is 6.18 Å². The van der Waals surface area contributed by atoms with E-state index < -0.39 is 17.8 Å². The molecule has 1 fully saturated rings. The summed E-state index contributed by atoms with van der Waals surface area (Å²) in [6.45, 7) is 0.541. The molecular formula is C14H14F3N3OS. The van der Waals surface area contributed by atoms with E-state index >= 15 is 0 Å². The van der Waals surface area contributed by atoms with Gasteiger partial charge in [-0.1, -0.05) is 6.07 Å². The van der Waals surface area contributed by atoms with E-state index in [2.05, 4.69) is 5.10 Å². The molecule has 2 aromatic heterocycles. The third kappa shape index (κ3) is 2.63. The zero-order valence-electron chi connectivity index (χ0n) is 11.8. The minimum Gasteiger partial charge on any atom is -0.329 e. The van der Waals surface area contributed by atoms with E-state index in [1.165, 1.54) is 7.05 Å². The van der Waals surface area contributed by atoms with Crippen molar-refractivity contribution in [2.24, 2.45) is 7.05 Å². The molecule has 1 amide bonds. The summed E-state index contributed by atoms with van der Waals surface area (Å²) in [7, 11) is 1.19. The molecule has 1 aliphatic heterocycles. The van der Waals surface area contributed by atoms with Gasteiger partial charge in [-0.25, -0.2) is 0 Å². The second kappa shape index (κ2) is 5.42. The van der Waals surface area contributed by atoms with Crippen molar-refractivity contribution in [3.05, 3.63) is 39.8 Å². The zero-order chi connectivity index (χ0) is 15.9. The molecule has 3 heterocycles. The molecule has 0 aromatic carbocycles. The van der Waals surface area contributed by atoms with E-state index in [1.54, 1.807) is 16.2 Å². The number of carbonyl (C=O) groups is 1. The molecule has 0 radical (unpaired) electrons. The molecule has 0 N–H and O–H groups in total. The van der Waals surface area contributed by atoms with Crippen molar-refractivity contribution in [1.82, 2.24) is 14.7 Å². The Kier molecular flexibility index (Phi) is 3.72. The second-order valence-electron chi connectivity index (χ2n) is 5.21. The first-order chi connectivity index (χ1) is 10.4. The highest BCUT2D eigenvalue weighted by atomic mass is 32.1. The van der Waals surface area contributed by atoms with Gasteiger partial charge in [0.25, 0.3) is 5.91 Å². The highest BCUT2D eigenvalue weighted by Gasteiger charge is 2.38. The van der Waals surface area contributed by atoms with Gasteiger partial charge in [-0.15, -0.1) is 11.3 Å². The van der Waals surface area contributed by atoms with Gasteiger partial charge in [0.05, 0.1) is 6.04 Å². The van der Waals surface area contributed by atoms with E-state index in [4.69, 9.17) is 0 Å². The third-order valence-electron chi connectivity index (χ3n) is 3.77. The molecule has 118 valence electrons. The summed E-state index contributed by atoms with van der Waals surface area (Å²) in [6.07, 6.45) is -2.85. The molecule has 0 aliphatic carbocycles. The fourth-order valence-corrected chi connectivity index (χ4v) is 3.64. The van der Waals surface area contributed by atoms with Crippen molar-refractivity contribution in [2.75, 3.05) is 6.54 Å². The Morgan fingerprint density at radius 3 is 2.82 bits per heavy atom. The SMILES string of the molecule is Cn1nc(C(=O)N2CCC[C@@H]2c2cccs2)cc1C(F)(F)F. The van der Waals surface area contributed by atoms with Gasteiger partial charge in [0.15, 0.2) is 5.69 Å². The molecule has 1 saturated heterocycles. The number of aryl methyl sites for hydroxylation is 1. The molecular weight excluding hydrogens is 315 g/mol. The first kappa shape index (κ1) is 15.1. The number of likely N-dealkylation sites (tertiary alicyclic amines) is 1. The molecule has 4 nitrogen and oxygen atoms in total. The normalized spacial score (nSPS) is 18.9. The van der Waals surface area contributed by atoms with Crippen LogP contribution in [0.2, 0.25) is 0 Å². The smallest absolute Gasteiger partial charge is 0.329 e. The Balaban J connectivity index is 1.88. The second-order valence-corrected chi connectivity index (χ2v) is 6.19. The zero-order valence-corrected chi connectivity index (χ0v) is 12.6. The number of alkyl halides is 3. The van der Waals surface area contributed by atoms with Crippen LogP contribution in [0.1, 0.15) is 39.9 Å². The summed E-state index contributed by atoms with van der Waals surface area (Å²) in [4.78, 5) is 15.2. The number of hydrogen-bond acceptors (Lipinski definition) is 3. The van der Waals surface area contributed by atoms with Crippen molar-refractivity contribution in [1.29, 1.82) is 0 Å². The van der Waals surface area contributed by atoms with Crippen LogP contribution >= 0.6 is 11.3 Å². The summed E-state index contributed by atoms with van der Waals surface area (Å²) in [5, 5.41) is 5.68. The summed E-state index contributed by atoms with van der Waals surface area (Å²) in [6, 6.07) is 4.61. The van der Waals surface area contributed by atoms with Gasteiger partial charge in [-0.05, 0) is 24.3 Å². The van der Waals surface area contributed by atoms with Crippen LogP contribution in [-0.4, -0.2) is 27.1 Å². The van der Waals surface area contributed by atoms with Crippen LogP contribution in [0.4, 0.5) is 13.2 Å². The van der Waals surface area contributed by atoms with Crippen molar-refractivity contribution in [3.8, 4) is 0 Å². The molecule has 0 bridgehead atoms. The minimum absolute atomic E-state index is 0.0659. The lowest BCUT2D eigenvalue weighted by molar-refractivity contribution is -0.143. The number of halogens is 3. The standard InChI is InChI=1S/C14H14F3N3OS/c1-19-12(14(15,16)17)8-9(18-19)13(21)20-6-2-4-10(20)11-5-3-7-22-11/h3,5,7-8,10H,2,4,6H2,1H3/t10-/m1/s1. The van der Waals surface area contributed by atoms with Crippen LogP contribution < -0.4 is 0 Å². The lowest BCUT2D eigenvalue weighted by Gasteiger charge is -2.22. The number of aromatic nitrogens is 2. The monoisotopic (exact) mass is 329 g/mol. The lowest BCUT2D eigenvalue weighted by Crippen LogP contribution is -2.30. The maximum absolute atomic E-state index is 12.8. The number of nitrogens with zero attached hydrogens (tertiary/aromatic N) is 3. The molecule has 22 heavy (non-hydrogen) atoms. The predicted molar refractivity (Wildman–Crippen MR) is 75.5 cm³/mol. The largest absolute Gasteiger partial charge is 0.433 e. The average Bonchev–Trinajstić information content (AvgIpc) is 3.16.